The standard InChI is InChI=1S/C14H18FNO/c1-11(10-16(2)3)14(17)9-6-12-4-7-13(15)8-5-12/h4-9,11H,10H2,1-3H3/b9-6-/t11-/m0/s1. The van der Waals surface area contributed by atoms with Crippen molar-refractivity contribution < 1.29 is 9.18 Å². The summed E-state index contributed by atoms with van der Waals surface area (Å²) in [6, 6.07) is 6.06. The van der Waals surface area contributed by atoms with Gasteiger partial charge in [-0.15, -0.1) is 0 Å². The third kappa shape index (κ3) is 4.91. The molecule has 0 amide bonds. The molecular weight excluding hydrogens is 217 g/mol. The van der Waals surface area contributed by atoms with E-state index in [0.29, 0.717) is 0 Å². The molecule has 0 saturated heterocycles. The molecular formula is C14H18FNO. The minimum absolute atomic E-state index is 0.0262. The molecule has 1 aromatic carbocycles. The monoisotopic (exact) mass is 235 g/mol. The van der Waals surface area contributed by atoms with Gasteiger partial charge < -0.3 is 4.90 Å². The maximum atomic E-state index is 12.7. The lowest BCUT2D eigenvalue weighted by molar-refractivity contribution is -0.118. The lowest BCUT2D eigenvalue weighted by Crippen LogP contribution is -2.24. The van der Waals surface area contributed by atoms with Gasteiger partial charge in [-0.3, -0.25) is 4.79 Å². The molecule has 0 aliphatic heterocycles. The van der Waals surface area contributed by atoms with E-state index in [2.05, 4.69) is 0 Å². The van der Waals surface area contributed by atoms with Gasteiger partial charge in [0.25, 0.3) is 0 Å². The summed E-state index contributed by atoms with van der Waals surface area (Å²) in [5, 5.41) is 0. The van der Waals surface area contributed by atoms with Crippen molar-refractivity contribution in [2.24, 2.45) is 5.92 Å². The van der Waals surface area contributed by atoms with Gasteiger partial charge in [0.05, 0.1) is 0 Å². The van der Waals surface area contributed by atoms with E-state index in [1.54, 1.807) is 24.3 Å². The minimum atomic E-state index is -0.269. The van der Waals surface area contributed by atoms with Gasteiger partial charge in [0.2, 0.25) is 0 Å². The summed E-state index contributed by atoms with van der Waals surface area (Å²) in [4.78, 5) is 13.7. The van der Waals surface area contributed by atoms with Gasteiger partial charge in [-0.1, -0.05) is 25.1 Å². The summed E-state index contributed by atoms with van der Waals surface area (Å²) in [7, 11) is 3.88. The first-order chi connectivity index (χ1) is 7.99. The van der Waals surface area contributed by atoms with E-state index < -0.39 is 0 Å². The Kier molecular flexibility index (Phi) is 5.04. The SMILES string of the molecule is C[C@@H](CN(C)C)C(=O)/C=C\c1ccc(F)cc1. The van der Waals surface area contributed by atoms with Crippen LogP contribution in [-0.2, 0) is 4.79 Å². The highest BCUT2D eigenvalue weighted by Gasteiger charge is 2.10. The normalized spacial score (nSPS) is 13.2. The number of hydrogen-bond acceptors (Lipinski definition) is 2. The van der Waals surface area contributed by atoms with Crippen LogP contribution in [0.2, 0.25) is 0 Å². The van der Waals surface area contributed by atoms with Gasteiger partial charge in [0.15, 0.2) is 5.78 Å². The molecule has 0 bridgehead atoms. The maximum absolute atomic E-state index is 12.7. The Balaban J connectivity index is 2.58. The van der Waals surface area contributed by atoms with E-state index in [9.17, 15) is 9.18 Å². The third-order valence-electron chi connectivity index (χ3n) is 2.43. The van der Waals surface area contributed by atoms with Crippen LogP contribution in [0, 0.1) is 11.7 Å². The number of allylic oxidation sites excluding steroid dienone is 1. The second-order valence-electron chi connectivity index (χ2n) is 4.45. The topological polar surface area (TPSA) is 20.3 Å². The number of nitrogens with zero attached hydrogens (tertiary/aromatic N) is 1. The average molecular weight is 235 g/mol. The zero-order valence-electron chi connectivity index (χ0n) is 10.5. The summed E-state index contributed by atoms with van der Waals surface area (Å²) in [6.45, 7) is 2.63. The van der Waals surface area contributed by atoms with Gasteiger partial charge in [-0.05, 0) is 37.9 Å². The van der Waals surface area contributed by atoms with Crippen molar-refractivity contribution in [2.45, 2.75) is 6.92 Å². The van der Waals surface area contributed by atoms with Crippen molar-refractivity contribution in [3.63, 3.8) is 0 Å². The Morgan fingerprint density at radius 3 is 2.47 bits per heavy atom. The third-order valence-corrected chi connectivity index (χ3v) is 2.43. The first kappa shape index (κ1) is 13.6. The van der Waals surface area contributed by atoms with Gasteiger partial charge in [-0.2, -0.15) is 0 Å². The van der Waals surface area contributed by atoms with Crippen LogP contribution in [0.15, 0.2) is 30.3 Å². The zero-order chi connectivity index (χ0) is 12.8. The van der Waals surface area contributed by atoms with Gasteiger partial charge >= 0.3 is 0 Å². The molecule has 0 aliphatic carbocycles. The van der Waals surface area contributed by atoms with E-state index in [1.165, 1.54) is 12.1 Å². The van der Waals surface area contributed by atoms with Crippen LogP contribution in [0.4, 0.5) is 4.39 Å². The molecule has 0 radical (unpaired) electrons. The largest absolute Gasteiger partial charge is 0.309 e. The molecule has 0 saturated carbocycles. The Hall–Kier alpha value is -1.48. The minimum Gasteiger partial charge on any atom is -0.309 e. The van der Waals surface area contributed by atoms with Crippen LogP contribution in [0.25, 0.3) is 6.08 Å². The highest BCUT2D eigenvalue weighted by molar-refractivity contribution is 5.95. The maximum Gasteiger partial charge on any atom is 0.159 e. The van der Waals surface area contributed by atoms with Crippen LogP contribution in [0.1, 0.15) is 12.5 Å². The molecule has 0 N–H and O–H groups in total. The molecule has 0 spiro atoms. The van der Waals surface area contributed by atoms with E-state index >= 15 is 0 Å². The molecule has 2 nitrogen and oxygen atoms in total. The molecule has 92 valence electrons. The fraction of sp³-hybridized carbons (Fsp3) is 0.357. The molecule has 0 aliphatic rings. The van der Waals surface area contributed by atoms with E-state index in [4.69, 9.17) is 0 Å². The molecule has 0 heterocycles. The van der Waals surface area contributed by atoms with Crippen molar-refractivity contribution >= 4 is 11.9 Å². The smallest absolute Gasteiger partial charge is 0.159 e. The van der Waals surface area contributed by atoms with Gasteiger partial charge in [0.1, 0.15) is 5.82 Å². The predicted octanol–water partition coefficient (Wildman–Crippen LogP) is 2.61. The number of carbonyl (C=O) groups is 1. The van der Waals surface area contributed by atoms with Crippen molar-refractivity contribution in [3.8, 4) is 0 Å². The van der Waals surface area contributed by atoms with Crippen LogP contribution in [0.5, 0.6) is 0 Å². The first-order valence-corrected chi connectivity index (χ1v) is 5.61. The number of carbonyl (C=O) groups excluding carboxylic acids is 1. The Bertz CT molecular complexity index is 395. The van der Waals surface area contributed by atoms with Crippen LogP contribution in [-0.4, -0.2) is 31.3 Å². The molecule has 1 aromatic rings. The molecule has 1 rings (SSSR count). The Morgan fingerprint density at radius 2 is 1.94 bits per heavy atom. The second-order valence-corrected chi connectivity index (χ2v) is 4.45. The Labute approximate surface area is 102 Å². The summed E-state index contributed by atoms with van der Waals surface area (Å²) >= 11 is 0. The number of hydrogen-bond donors (Lipinski definition) is 0. The van der Waals surface area contributed by atoms with Gasteiger partial charge in [-0.25, -0.2) is 4.39 Å². The lowest BCUT2D eigenvalue weighted by atomic mass is 10.0. The quantitative estimate of drug-likeness (QED) is 0.731. The molecule has 0 unspecified atom stereocenters. The lowest BCUT2D eigenvalue weighted by Gasteiger charge is -2.13. The van der Waals surface area contributed by atoms with Crippen LogP contribution < -0.4 is 0 Å². The second kappa shape index (κ2) is 6.30. The summed E-state index contributed by atoms with van der Waals surface area (Å²) in [6.07, 6.45) is 3.27. The molecule has 17 heavy (non-hydrogen) atoms. The number of ketones is 1. The molecule has 0 aromatic heterocycles. The van der Waals surface area contributed by atoms with Crippen LogP contribution >= 0.6 is 0 Å². The molecule has 0 fully saturated rings. The van der Waals surface area contributed by atoms with Crippen molar-refractivity contribution in [1.29, 1.82) is 0 Å². The van der Waals surface area contributed by atoms with Crippen LogP contribution in [0.3, 0.4) is 0 Å². The predicted molar refractivity (Wildman–Crippen MR) is 68.2 cm³/mol. The van der Waals surface area contributed by atoms with Crippen molar-refractivity contribution in [3.05, 3.63) is 41.7 Å². The number of benzene rings is 1. The van der Waals surface area contributed by atoms with E-state index in [1.807, 2.05) is 25.9 Å². The fourth-order valence-corrected chi connectivity index (χ4v) is 1.55. The first-order valence-electron chi connectivity index (χ1n) is 5.61. The van der Waals surface area contributed by atoms with E-state index in [0.717, 1.165) is 12.1 Å². The molecule has 3 heteroatoms. The highest BCUT2D eigenvalue weighted by Crippen LogP contribution is 2.06. The summed E-state index contributed by atoms with van der Waals surface area (Å²) in [5.74, 6) is -0.209. The van der Waals surface area contributed by atoms with Crippen molar-refractivity contribution in [2.75, 3.05) is 20.6 Å². The zero-order valence-corrected chi connectivity index (χ0v) is 10.5. The number of halogens is 1. The Morgan fingerprint density at radius 1 is 1.35 bits per heavy atom. The summed E-state index contributed by atoms with van der Waals surface area (Å²) < 4.78 is 12.7. The van der Waals surface area contributed by atoms with Crippen molar-refractivity contribution in [1.82, 2.24) is 4.90 Å². The summed E-state index contributed by atoms with van der Waals surface area (Å²) in [5.41, 5.74) is 0.830. The molecule has 1 atom stereocenters. The highest BCUT2D eigenvalue weighted by atomic mass is 19.1. The van der Waals surface area contributed by atoms with Gasteiger partial charge in [0, 0.05) is 12.5 Å². The fourth-order valence-electron chi connectivity index (χ4n) is 1.55. The average Bonchev–Trinajstić information content (AvgIpc) is 2.27. The van der Waals surface area contributed by atoms with E-state index in [-0.39, 0.29) is 17.5 Å². The number of rotatable bonds is 5.